The molecule has 1 aliphatic rings. The number of likely N-dealkylation sites (N-methyl/N-ethyl adjacent to an activating group) is 1. The molecule has 3 rings (SSSR count). The smallest absolute Gasteiger partial charge is 0.150 e. The summed E-state index contributed by atoms with van der Waals surface area (Å²) < 4.78 is 0. The number of aldehydes is 1. The summed E-state index contributed by atoms with van der Waals surface area (Å²) in [6.45, 7) is 5.18. The number of piperazine rings is 1. The molecular weight excluding hydrogens is 272 g/mol. The van der Waals surface area contributed by atoms with Gasteiger partial charge in [-0.2, -0.15) is 0 Å². The molecule has 1 heterocycles. The Balaban J connectivity index is 1.79. The predicted molar refractivity (Wildman–Crippen MR) is 90.0 cm³/mol. The third kappa shape index (κ3) is 3.43. The van der Waals surface area contributed by atoms with Crippen molar-refractivity contribution in [1.82, 2.24) is 9.80 Å². The van der Waals surface area contributed by atoms with Crippen molar-refractivity contribution in [3.05, 3.63) is 59.7 Å². The minimum atomic E-state index is 0.806. The lowest BCUT2D eigenvalue weighted by atomic mass is 9.99. The number of hydrogen-bond donors (Lipinski definition) is 0. The summed E-state index contributed by atoms with van der Waals surface area (Å²) in [5.74, 6) is 0. The summed E-state index contributed by atoms with van der Waals surface area (Å²) in [5.41, 5.74) is 4.18. The van der Waals surface area contributed by atoms with E-state index < -0.39 is 0 Å². The van der Waals surface area contributed by atoms with E-state index in [1.54, 1.807) is 0 Å². The summed E-state index contributed by atoms with van der Waals surface area (Å²) in [6, 6.07) is 16.4. The largest absolute Gasteiger partial charge is 0.304 e. The minimum absolute atomic E-state index is 0.806. The van der Waals surface area contributed by atoms with Crippen LogP contribution in [0.4, 0.5) is 0 Å². The summed E-state index contributed by atoms with van der Waals surface area (Å²) in [4.78, 5) is 16.2. The Morgan fingerprint density at radius 3 is 2.36 bits per heavy atom. The predicted octanol–water partition coefficient (Wildman–Crippen LogP) is 2.91. The maximum Gasteiger partial charge on any atom is 0.150 e. The summed E-state index contributed by atoms with van der Waals surface area (Å²) in [7, 11) is 2.16. The lowest BCUT2D eigenvalue weighted by Gasteiger charge is -2.32. The van der Waals surface area contributed by atoms with Gasteiger partial charge in [-0.25, -0.2) is 0 Å². The Morgan fingerprint density at radius 1 is 0.955 bits per heavy atom. The van der Waals surface area contributed by atoms with E-state index in [4.69, 9.17) is 0 Å². The average Bonchev–Trinajstić information content (AvgIpc) is 2.58. The van der Waals surface area contributed by atoms with Gasteiger partial charge in [-0.15, -0.1) is 0 Å². The van der Waals surface area contributed by atoms with Crippen LogP contribution >= 0.6 is 0 Å². The fraction of sp³-hybridized carbons (Fsp3) is 0.316. The third-order valence-corrected chi connectivity index (χ3v) is 4.37. The van der Waals surface area contributed by atoms with Crippen LogP contribution in [0.25, 0.3) is 11.1 Å². The van der Waals surface area contributed by atoms with Gasteiger partial charge in [0.2, 0.25) is 0 Å². The van der Waals surface area contributed by atoms with Gasteiger partial charge < -0.3 is 4.90 Å². The van der Waals surface area contributed by atoms with Crippen LogP contribution in [0.5, 0.6) is 0 Å². The van der Waals surface area contributed by atoms with Crippen molar-refractivity contribution in [1.29, 1.82) is 0 Å². The van der Waals surface area contributed by atoms with Crippen molar-refractivity contribution >= 4 is 6.29 Å². The lowest BCUT2D eigenvalue weighted by Crippen LogP contribution is -2.44. The molecule has 0 saturated carbocycles. The molecule has 0 atom stereocenters. The second kappa shape index (κ2) is 6.86. The molecule has 1 fully saturated rings. The number of hydrogen-bond acceptors (Lipinski definition) is 3. The van der Waals surface area contributed by atoms with Crippen molar-refractivity contribution in [3.8, 4) is 11.1 Å². The quantitative estimate of drug-likeness (QED) is 0.810. The molecule has 3 nitrogen and oxygen atoms in total. The molecule has 0 unspecified atom stereocenters. The molecule has 0 N–H and O–H groups in total. The van der Waals surface area contributed by atoms with E-state index in [0.29, 0.717) is 0 Å². The lowest BCUT2D eigenvalue weighted by molar-refractivity contribution is 0.111. The highest BCUT2D eigenvalue weighted by Gasteiger charge is 2.15. The zero-order chi connectivity index (χ0) is 15.4. The maximum absolute atomic E-state index is 11.5. The first kappa shape index (κ1) is 14.9. The van der Waals surface area contributed by atoms with E-state index in [1.807, 2.05) is 24.3 Å². The average molecular weight is 294 g/mol. The Hall–Kier alpha value is -1.97. The van der Waals surface area contributed by atoms with Crippen LogP contribution in [0, 0.1) is 0 Å². The van der Waals surface area contributed by atoms with Crippen LogP contribution in [-0.4, -0.2) is 49.3 Å². The molecule has 114 valence electrons. The van der Waals surface area contributed by atoms with E-state index in [9.17, 15) is 4.79 Å². The first-order valence-corrected chi connectivity index (χ1v) is 7.81. The van der Waals surface area contributed by atoms with Crippen molar-refractivity contribution in [2.24, 2.45) is 0 Å². The Morgan fingerprint density at radius 2 is 1.68 bits per heavy atom. The number of carbonyl (C=O) groups is 1. The minimum Gasteiger partial charge on any atom is -0.304 e. The summed E-state index contributed by atoms with van der Waals surface area (Å²) in [6.07, 6.45) is 0.984. The molecule has 3 heteroatoms. The van der Waals surface area contributed by atoms with Gasteiger partial charge in [-0.3, -0.25) is 9.69 Å². The second-order valence-corrected chi connectivity index (χ2v) is 5.98. The normalized spacial score (nSPS) is 16.6. The fourth-order valence-corrected chi connectivity index (χ4v) is 2.91. The molecule has 1 saturated heterocycles. The second-order valence-electron chi connectivity index (χ2n) is 5.98. The highest BCUT2D eigenvalue weighted by atomic mass is 16.1. The van der Waals surface area contributed by atoms with Crippen LogP contribution in [0.1, 0.15) is 15.9 Å². The highest BCUT2D eigenvalue weighted by molar-refractivity contribution is 5.81. The fourth-order valence-electron chi connectivity index (χ4n) is 2.91. The van der Waals surface area contributed by atoms with Gasteiger partial charge in [0.25, 0.3) is 0 Å². The van der Waals surface area contributed by atoms with Crippen molar-refractivity contribution in [2.75, 3.05) is 33.2 Å². The van der Waals surface area contributed by atoms with E-state index in [-0.39, 0.29) is 0 Å². The summed E-state index contributed by atoms with van der Waals surface area (Å²) >= 11 is 0. The Bertz CT molecular complexity index is 631. The molecule has 0 amide bonds. The molecule has 0 radical (unpaired) electrons. The topological polar surface area (TPSA) is 23.6 Å². The van der Waals surface area contributed by atoms with E-state index in [1.165, 1.54) is 0 Å². The van der Waals surface area contributed by atoms with Crippen LogP contribution in [0.15, 0.2) is 48.5 Å². The van der Waals surface area contributed by atoms with Crippen molar-refractivity contribution < 1.29 is 4.79 Å². The zero-order valence-corrected chi connectivity index (χ0v) is 13.0. The molecule has 0 aromatic heterocycles. The third-order valence-electron chi connectivity index (χ3n) is 4.37. The molecule has 0 aliphatic carbocycles. The molecule has 1 aliphatic heterocycles. The van der Waals surface area contributed by atoms with Crippen molar-refractivity contribution in [3.63, 3.8) is 0 Å². The molecule has 0 bridgehead atoms. The van der Waals surface area contributed by atoms with E-state index in [2.05, 4.69) is 41.1 Å². The molecule has 22 heavy (non-hydrogen) atoms. The van der Waals surface area contributed by atoms with Gasteiger partial charge in [0.1, 0.15) is 6.29 Å². The Labute approximate surface area is 132 Å². The van der Waals surface area contributed by atoms with Crippen LogP contribution in [0.2, 0.25) is 0 Å². The van der Waals surface area contributed by atoms with E-state index >= 15 is 0 Å². The summed E-state index contributed by atoms with van der Waals surface area (Å²) in [5, 5.41) is 0. The first-order chi connectivity index (χ1) is 10.8. The Kier molecular flexibility index (Phi) is 4.66. The number of benzene rings is 2. The van der Waals surface area contributed by atoms with Gasteiger partial charge in [0.05, 0.1) is 0 Å². The number of carbonyl (C=O) groups excluding carboxylic acids is 1. The van der Waals surface area contributed by atoms with Crippen LogP contribution in [0.3, 0.4) is 0 Å². The van der Waals surface area contributed by atoms with Crippen LogP contribution < -0.4 is 0 Å². The highest BCUT2D eigenvalue weighted by Crippen LogP contribution is 2.22. The molecule has 2 aromatic carbocycles. The van der Waals surface area contributed by atoms with E-state index in [0.717, 1.165) is 61.3 Å². The molecule has 2 aromatic rings. The van der Waals surface area contributed by atoms with Gasteiger partial charge in [0.15, 0.2) is 0 Å². The SMILES string of the molecule is CN1CCN(Cc2ccc(-c3ccccc3)cc2C=O)CC1. The molecular formula is C19H22N2O. The van der Waals surface area contributed by atoms with Crippen molar-refractivity contribution in [2.45, 2.75) is 6.54 Å². The van der Waals surface area contributed by atoms with Crippen LogP contribution in [-0.2, 0) is 6.54 Å². The molecule has 0 spiro atoms. The van der Waals surface area contributed by atoms with Gasteiger partial charge in [0, 0.05) is 38.3 Å². The monoisotopic (exact) mass is 294 g/mol. The number of nitrogens with zero attached hydrogens (tertiary/aromatic N) is 2. The van der Waals surface area contributed by atoms with Gasteiger partial charge >= 0.3 is 0 Å². The number of rotatable bonds is 4. The zero-order valence-electron chi connectivity index (χ0n) is 13.0. The van der Waals surface area contributed by atoms with Gasteiger partial charge in [-0.05, 0) is 29.8 Å². The van der Waals surface area contributed by atoms with Gasteiger partial charge in [-0.1, -0.05) is 42.5 Å². The first-order valence-electron chi connectivity index (χ1n) is 7.81. The maximum atomic E-state index is 11.5. The standard InChI is InChI=1S/C19H22N2O/c1-20-9-11-21(12-10-20)14-18-8-7-17(13-19(18)15-22)16-5-3-2-4-6-16/h2-8,13,15H,9-12,14H2,1H3.